The van der Waals surface area contributed by atoms with Gasteiger partial charge in [-0.3, -0.25) is 0 Å². The Morgan fingerprint density at radius 1 is 1.35 bits per heavy atom. The minimum Gasteiger partial charge on any atom is -0.438 e. The van der Waals surface area contributed by atoms with E-state index < -0.39 is 5.82 Å². The Bertz CT molecular complexity index is 575. The lowest BCUT2D eigenvalue weighted by atomic mass is 10.3. The van der Waals surface area contributed by atoms with Gasteiger partial charge in [0, 0.05) is 16.7 Å². The SMILES string of the molecule is N#Cc1cccnc1Oc1cc(F)cc(Br)c1. The second kappa shape index (κ2) is 4.93. The van der Waals surface area contributed by atoms with E-state index in [0.29, 0.717) is 10.0 Å². The summed E-state index contributed by atoms with van der Waals surface area (Å²) in [5, 5.41) is 8.85. The lowest BCUT2D eigenvalue weighted by Gasteiger charge is -2.06. The third kappa shape index (κ3) is 2.80. The Hall–Kier alpha value is -1.93. The van der Waals surface area contributed by atoms with Gasteiger partial charge in [0.2, 0.25) is 5.88 Å². The molecule has 0 aliphatic rings. The molecule has 0 saturated carbocycles. The Kier molecular flexibility index (Phi) is 3.35. The fraction of sp³-hybridized carbons (Fsp3) is 0. The van der Waals surface area contributed by atoms with E-state index in [9.17, 15) is 4.39 Å². The molecule has 0 amide bonds. The highest BCUT2D eigenvalue weighted by molar-refractivity contribution is 9.10. The summed E-state index contributed by atoms with van der Waals surface area (Å²) in [5.41, 5.74) is 0.299. The Morgan fingerprint density at radius 2 is 2.18 bits per heavy atom. The van der Waals surface area contributed by atoms with E-state index in [4.69, 9.17) is 10.00 Å². The molecule has 0 saturated heterocycles. The summed E-state index contributed by atoms with van der Waals surface area (Å²) >= 11 is 3.16. The Labute approximate surface area is 106 Å². The molecule has 3 nitrogen and oxygen atoms in total. The summed E-state index contributed by atoms with van der Waals surface area (Å²) in [4.78, 5) is 3.92. The molecule has 0 aliphatic heterocycles. The van der Waals surface area contributed by atoms with Crippen molar-refractivity contribution in [1.82, 2.24) is 4.98 Å². The second-order valence-corrected chi connectivity index (χ2v) is 4.09. The maximum absolute atomic E-state index is 13.1. The lowest BCUT2D eigenvalue weighted by Crippen LogP contribution is -1.91. The van der Waals surface area contributed by atoms with E-state index in [-0.39, 0.29) is 11.6 Å². The van der Waals surface area contributed by atoms with Crippen LogP contribution in [0.4, 0.5) is 4.39 Å². The van der Waals surface area contributed by atoms with Crippen LogP contribution in [0.15, 0.2) is 41.0 Å². The molecule has 2 aromatic rings. The monoisotopic (exact) mass is 292 g/mol. The molecule has 1 aromatic heterocycles. The maximum Gasteiger partial charge on any atom is 0.237 e. The molecule has 84 valence electrons. The standard InChI is InChI=1S/C12H6BrFN2O/c13-9-4-10(14)6-11(5-9)17-12-8(7-15)2-1-3-16-12/h1-6H. The van der Waals surface area contributed by atoms with Gasteiger partial charge in [0.25, 0.3) is 0 Å². The van der Waals surface area contributed by atoms with Crippen molar-refractivity contribution in [2.75, 3.05) is 0 Å². The molecule has 1 heterocycles. The first kappa shape index (κ1) is 11.6. The fourth-order valence-electron chi connectivity index (χ4n) is 1.26. The number of hydrogen-bond acceptors (Lipinski definition) is 3. The van der Waals surface area contributed by atoms with E-state index in [0.717, 1.165) is 0 Å². The van der Waals surface area contributed by atoms with Gasteiger partial charge in [0.15, 0.2) is 0 Å². The number of halogens is 2. The fourth-order valence-corrected chi connectivity index (χ4v) is 1.70. The van der Waals surface area contributed by atoms with E-state index in [1.165, 1.54) is 18.3 Å². The summed E-state index contributed by atoms with van der Waals surface area (Å²) in [6.45, 7) is 0. The van der Waals surface area contributed by atoms with Crippen LogP contribution in [0.5, 0.6) is 11.6 Å². The minimum absolute atomic E-state index is 0.160. The Balaban J connectivity index is 2.35. The van der Waals surface area contributed by atoms with E-state index in [1.54, 1.807) is 18.2 Å². The van der Waals surface area contributed by atoms with Crippen LogP contribution in [-0.4, -0.2) is 4.98 Å². The van der Waals surface area contributed by atoms with Crippen LogP contribution in [0.3, 0.4) is 0 Å². The van der Waals surface area contributed by atoms with Crippen molar-refractivity contribution in [1.29, 1.82) is 5.26 Å². The highest BCUT2D eigenvalue weighted by atomic mass is 79.9. The smallest absolute Gasteiger partial charge is 0.237 e. The van der Waals surface area contributed by atoms with Crippen molar-refractivity contribution in [2.45, 2.75) is 0 Å². The van der Waals surface area contributed by atoms with Crippen LogP contribution in [-0.2, 0) is 0 Å². The summed E-state index contributed by atoms with van der Waals surface area (Å²) in [6.07, 6.45) is 1.50. The summed E-state index contributed by atoms with van der Waals surface area (Å²) in [7, 11) is 0. The van der Waals surface area contributed by atoms with Crippen molar-refractivity contribution in [2.24, 2.45) is 0 Å². The molecule has 0 radical (unpaired) electrons. The van der Waals surface area contributed by atoms with Gasteiger partial charge >= 0.3 is 0 Å². The van der Waals surface area contributed by atoms with E-state index >= 15 is 0 Å². The topological polar surface area (TPSA) is 45.9 Å². The quantitative estimate of drug-likeness (QED) is 0.849. The molecular formula is C12H6BrFN2O. The number of rotatable bonds is 2. The van der Waals surface area contributed by atoms with Gasteiger partial charge in [0.05, 0.1) is 0 Å². The van der Waals surface area contributed by atoms with Crippen LogP contribution < -0.4 is 4.74 Å². The van der Waals surface area contributed by atoms with E-state index in [2.05, 4.69) is 20.9 Å². The predicted molar refractivity (Wildman–Crippen MR) is 63.1 cm³/mol. The molecule has 0 fully saturated rings. The van der Waals surface area contributed by atoms with Crippen molar-refractivity contribution in [3.8, 4) is 17.7 Å². The molecule has 5 heteroatoms. The molecule has 0 spiro atoms. The third-order valence-electron chi connectivity index (χ3n) is 1.94. The van der Waals surface area contributed by atoms with Crippen LogP contribution in [0.2, 0.25) is 0 Å². The van der Waals surface area contributed by atoms with Crippen LogP contribution >= 0.6 is 15.9 Å². The number of ether oxygens (including phenoxy) is 1. The summed E-state index contributed by atoms with van der Waals surface area (Å²) in [5.74, 6) is 0.0170. The van der Waals surface area contributed by atoms with Gasteiger partial charge in [-0.1, -0.05) is 15.9 Å². The van der Waals surface area contributed by atoms with Crippen molar-refractivity contribution >= 4 is 15.9 Å². The average Bonchev–Trinajstić information content (AvgIpc) is 2.28. The van der Waals surface area contributed by atoms with Crippen molar-refractivity contribution in [3.63, 3.8) is 0 Å². The number of pyridine rings is 1. The molecule has 0 aliphatic carbocycles. The second-order valence-electron chi connectivity index (χ2n) is 3.18. The number of nitriles is 1. The van der Waals surface area contributed by atoms with E-state index in [1.807, 2.05) is 6.07 Å². The highest BCUT2D eigenvalue weighted by Crippen LogP contribution is 2.26. The zero-order valence-corrected chi connectivity index (χ0v) is 10.1. The first-order valence-corrected chi connectivity index (χ1v) is 5.47. The van der Waals surface area contributed by atoms with Gasteiger partial charge in [-0.05, 0) is 24.3 Å². The largest absolute Gasteiger partial charge is 0.438 e. The highest BCUT2D eigenvalue weighted by Gasteiger charge is 2.06. The minimum atomic E-state index is -0.427. The summed E-state index contributed by atoms with van der Waals surface area (Å²) in [6, 6.07) is 9.30. The molecule has 0 bridgehead atoms. The lowest BCUT2D eigenvalue weighted by molar-refractivity contribution is 0.456. The van der Waals surface area contributed by atoms with Gasteiger partial charge < -0.3 is 4.74 Å². The number of hydrogen-bond donors (Lipinski definition) is 0. The summed E-state index contributed by atoms with van der Waals surface area (Å²) < 4.78 is 19.0. The molecule has 0 N–H and O–H groups in total. The van der Waals surface area contributed by atoms with Gasteiger partial charge in [0.1, 0.15) is 23.2 Å². The van der Waals surface area contributed by atoms with Crippen molar-refractivity contribution in [3.05, 3.63) is 52.4 Å². The first-order chi connectivity index (χ1) is 8.19. The van der Waals surface area contributed by atoms with Gasteiger partial charge in [-0.2, -0.15) is 5.26 Å². The third-order valence-corrected chi connectivity index (χ3v) is 2.40. The predicted octanol–water partition coefficient (Wildman–Crippen LogP) is 3.65. The van der Waals surface area contributed by atoms with Gasteiger partial charge in [-0.15, -0.1) is 0 Å². The molecule has 0 unspecified atom stereocenters. The first-order valence-electron chi connectivity index (χ1n) is 4.68. The number of aromatic nitrogens is 1. The molecule has 2 rings (SSSR count). The molecule has 1 aromatic carbocycles. The molecular weight excluding hydrogens is 287 g/mol. The number of nitrogens with zero attached hydrogens (tertiary/aromatic N) is 2. The van der Waals surface area contributed by atoms with Crippen LogP contribution in [0.25, 0.3) is 0 Å². The maximum atomic E-state index is 13.1. The Morgan fingerprint density at radius 3 is 2.88 bits per heavy atom. The average molecular weight is 293 g/mol. The zero-order valence-electron chi connectivity index (χ0n) is 8.52. The van der Waals surface area contributed by atoms with Gasteiger partial charge in [-0.25, -0.2) is 9.37 Å². The normalized spacial score (nSPS) is 9.71. The molecule has 0 atom stereocenters. The van der Waals surface area contributed by atoms with Crippen LogP contribution in [0, 0.1) is 17.1 Å². The van der Waals surface area contributed by atoms with Crippen molar-refractivity contribution < 1.29 is 9.13 Å². The van der Waals surface area contributed by atoms with Crippen LogP contribution in [0.1, 0.15) is 5.56 Å². The molecule has 17 heavy (non-hydrogen) atoms. The zero-order chi connectivity index (χ0) is 12.3. The number of benzene rings is 1.